The fourth-order valence-corrected chi connectivity index (χ4v) is 1.96. The summed E-state index contributed by atoms with van der Waals surface area (Å²) in [6.45, 7) is 5.08. The van der Waals surface area contributed by atoms with E-state index in [-0.39, 0.29) is 7.33 Å². The quantitative estimate of drug-likeness (QED) is 0.765. The SMILES string of the molecule is CCC(C)c1cccc2c1CNC2=O.[HH]. The maximum Gasteiger partial charge on any atom is 0.251 e. The predicted molar refractivity (Wildman–Crippen MR) is 58.4 cm³/mol. The van der Waals surface area contributed by atoms with Crippen LogP contribution in [0, 0.1) is 0 Å². The average molecular weight is 191 g/mol. The average Bonchev–Trinajstić information content (AvgIpc) is 2.59. The highest BCUT2D eigenvalue weighted by molar-refractivity contribution is 5.98. The molecular formula is C12H17NO. The molecule has 1 aromatic carbocycles. The van der Waals surface area contributed by atoms with Crippen molar-refractivity contribution < 1.29 is 6.22 Å². The Morgan fingerprint density at radius 2 is 2.36 bits per heavy atom. The zero-order valence-electron chi connectivity index (χ0n) is 8.63. The standard InChI is InChI=1S/C12H15NO.H2/c1-3-8(2)9-5-4-6-10-11(9)7-13-12(10)14;/h4-6,8H,3,7H2,1-2H3,(H,13,14);1H. The number of fused-ring (bicyclic) bond motifs is 1. The molecule has 1 aromatic rings. The summed E-state index contributed by atoms with van der Waals surface area (Å²) < 4.78 is 0. The van der Waals surface area contributed by atoms with E-state index >= 15 is 0 Å². The van der Waals surface area contributed by atoms with Crippen molar-refractivity contribution in [1.82, 2.24) is 5.32 Å². The van der Waals surface area contributed by atoms with Crippen molar-refractivity contribution in [3.63, 3.8) is 0 Å². The smallest absolute Gasteiger partial charge is 0.251 e. The molecule has 0 fully saturated rings. The predicted octanol–water partition coefficient (Wildman–Crippen LogP) is 2.69. The van der Waals surface area contributed by atoms with Crippen molar-refractivity contribution >= 4 is 5.91 Å². The highest BCUT2D eigenvalue weighted by Crippen LogP contribution is 2.27. The summed E-state index contributed by atoms with van der Waals surface area (Å²) in [6.07, 6.45) is 1.12. The normalized spacial score (nSPS) is 16.3. The molecule has 1 aliphatic rings. The molecule has 0 spiro atoms. The number of carbonyl (C=O) groups is 1. The van der Waals surface area contributed by atoms with Crippen molar-refractivity contribution in [2.75, 3.05) is 0 Å². The lowest BCUT2D eigenvalue weighted by molar-refractivity contribution is 0.0966. The van der Waals surface area contributed by atoms with Crippen molar-refractivity contribution in [2.24, 2.45) is 0 Å². The second-order valence-electron chi connectivity index (χ2n) is 3.87. The van der Waals surface area contributed by atoms with Gasteiger partial charge in [0.2, 0.25) is 0 Å². The molecule has 0 aromatic heterocycles. The van der Waals surface area contributed by atoms with Crippen molar-refractivity contribution in [2.45, 2.75) is 32.7 Å². The summed E-state index contributed by atoms with van der Waals surface area (Å²) in [6, 6.07) is 6.02. The van der Waals surface area contributed by atoms with Gasteiger partial charge in [0.15, 0.2) is 0 Å². The molecule has 2 nitrogen and oxygen atoms in total. The van der Waals surface area contributed by atoms with E-state index in [0.29, 0.717) is 12.5 Å². The molecule has 2 heteroatoms. The van der Waals surface area contributed by atoms with Gasteiger partial charge in [-0.3, -0.25) is 4.79 Å². The van der Waals surface area contributed by atoms with Gasteiger partial charge < -0.3 is 5.32 Å². The van der Waals surface area contributed by atoms with Gasteiger partial charge >= 0.3 is 0 Å². The van der Waals surface area contributed by atoms with Crippen LogP contribution in [0.2, 0.25) is 0 Å². The maximum atomic E-state index is 11.4. The maximum absolute atomic E-state index is 11.4. The third kappa shape index (κ3) is 1.31. The zero-order chi connectivity index (χ0) is 10.1. The Morgan fingerprint density at radius 1 is 1.57 bits per heavy atom. The molecule has 1 amide bonds. The van der Waals surface area contributed by atoms with Crippen LogP contribution in [-0.2, 0) is 6.54 Å². The highest BCUT2D eigenvalue weighted by atomic mass is 16.1. The van der Waals surface area contributed by atoms with Gasteiger partial charge in [0, 0.05) is 13.5 Å². The van der Waals surface area contributed by atoms with E-state index < -0.39 is 0 Å². The Labute approximate surface area is 85.8 Å². The van der Waals surface area contributed by atoms with E-state index in [0.717, 1.165) is 12.0 Å². The second-order valence-corrected chi connectivity index (χ2v) is 3.87. The van der Waals surface area contributed by atoms with E-state index in [1.807, 2.05) is 12.1 Å². The molecule has 0 saturated heterocycles. The van der Waals surface area contributed by atoms with Gasteiger partial charge in [-0.2, -0.15) is 0 Å². The molecule has 2 rings (SSSR count). The first-order valence-electron chi connectivity index (χ1n) is 5.14. The lowest BCUT2D eigenvalue weighted by Crippen LogP contribution is -2.12. The van der Waals surface area contributed by atoms with Crippen LogP contribution in [0.15, 0.2) is 18.2 Å². The molecule has 1 unspecified atom stereocenters. The second kappa shape index (κ2) is 3.45. The van der Waals surface area contributed by atoms with Gasteiger partial charge in [0.1, 0.15) is 0 Å². The molecule has 1 N–H and O–H groups in total. The topological polar surface area (TPSA) is 29.1 Å². The van der Waals surface area contributed by atoms with Gasteiger partial charge in [-0.25, -0.2) is 0 Å². The number of rotatable bonds is 2. The summed E-state index contributed by atoms with van der Waals surface area (Å²) in [5.41, 5.74) is 3.39. The largest absolute Gasteiger partial charge is 0.348 e. The number of benzene rings is 1. The third-order valence-electron chi connectivity index (χ3n) is 3.03. The lowest BCUT2D eigenvalue weighted by Gasteiger charge is -2.12. The van der Waals surface area contributed by atoms with Crippen molar-refractivity contribution in [1.29, 1.82) is 0 Å². The van der Waals surface area contributed by atoms with Gasteiger partial charge in [-0.1, -0.05) is 26.0 Å². The van der Waals surface area contributed by atoms with Crippen LogP contribution in [0.3, 0.4) is 0 Å². The number of carbonyl (C=O) groups excluding carboxylic acids is 1. The molecule has 0 bridgehead atoms. The Hall–Kier alpha value is -1.31. The Morgan fingerprint density at radius 3 is 3.07 bits per heavy atom. The minimum Gasteiger partial charge on any atom is -0.348 e. The minimum atomic E-state index is 0. The fraction of sp³-hybridized carbons (Fsp3) is 0.417. The molecule has 0 saturated carbocycles. The van der Waals surface area contributed by atoms with Gasteiger partial charge in [0.05, 0.1) is 0 Å². The summed E-state index contributed by atoms with van der Waals surface area (Å²) in [5, 5.41) is 2.87. The molecule has 0 radical (unpaired) electrons. The van der Waals surface area contributed by atoms with E-state index in [1.54, 1.807) is 0 Å². The number of amides is 1. The number of hydrogen-bond acceptors (Lipinski definition) is 1. The molecule has 1 atom stereocenters. The molecule has 76 valence electrons. The van der Waals surface area contributed by atoms with Crippen LogP contribution in [0.5, 0.6) is 0 Å². The summed E-state index contributed by atoms with van der Waals surface area (Å²) in [5.74, 6) is 0.614. The van der Waals surface area contributed by atoms with E-state index in [9.17, 15) is 4.79 Å². The van der Waals surface area contributed by atoms with Crippen LogP contribution in [0.4, 0.5) is 0 Å². The van der Waals surface area contributed by atoms with Crippen molar-refractivity contribution in [3.05, 3.63) is 34.9 Å². The zero-order valence-corrected chi connectivity index (χ0v) is 8.63. The highest BCUT2D eigenvalue weighted by Gasteiger charge is 2.22. The van der Waals surface area contributed by atoms with E-state index in [4.69, 9.17) is 0 Å². The van der Waals surface area contributed by atoms with E-state index in [1.165, 1.54) is 11.1 Å². The molecular weight excluding hydrogens is 174 g/mol. The van der Waals surface area contributed by atoms with E-state index in [2.05, 4.69) is 25.2 Å². The first kappa shape index (κ1) is 9.25. The monoisotopic (exact) mass is 191 g/mol. The number of hydrogen-bond donors (Lipinski definition) is 1. The fourth-order valence-electron chi connectivity index (χ4n) is 1.96. The Balaban J connectivity index is 0.00000112. The van der Waals surface area contributed by atoms with Crippen LogP contribution in [0.1, 0.15) is 49.1 Å². The van der Waals surface area contributed by atoms with Crippen molar-refractivity contribution in [3.8, 4) is 0 Å². The summed E-state index contributed by atoms with van der Waals surface area (Å²) in [4.78, 5) is 11.4. The minimum absolute atomic E-state index is 0. The van der Waals surface area contributed by atoms with Crippen LogP contribution < -0.4 is 5.32 Å². The first-order chi connectivity index (χ1) is 6.74. The number of nitrogens with one attached hydrogen (secondary N) is 1. The molecule has 14 heavy (non-hydrogen) atoms. The van der Waals surface area contributed by atoms with Gasteiger partial charge in [0.25, 0.3) is 5.91 Å². The Kier molecular flexibility index (Phi) is 2.28. The summed E-state index contributed by atoms with van der Waals surface area (Å²) >= 11 is 0. The first-order valence-corrected chi connectivity index (χ1v) is 5.14. The summed E-state index contributed by atoms with van der Waals surface area (Å²) in [7, 11) is 0. The molecule has 1 aliphatic heterocycles. The lowest BCUT2D eigenvalue weighted by atomic mass is 9.92. The van der Waals surface area contributed by atoms with Gasteiger partial charge in [-0.15, -0.1) is 0 Å². The van der Waals surface area contributed by atoms with Gasteiger partial charge in [-0.05, 0) is 29.5 Å². The molecule has 0 aliphatic carbocycles. The third-order valence-corrected chi connectivity index (χ3v) is 3.03. The van der Waals surface area contributed by atoms with Crippen LogP contribution >= 0.6 is 0 Å². The molecule has 1 heterocycles. The Bertz CT molecular complexity index is 376. The van der Waals surface area contributed by atoms with Crippen LogP contribution in [-0.4, -0.2) is 5.91 Å². The van der Waals surface area contributed by atoms with Crippen LogP contribution in [0.25, 0.3) is 0 Å².